The lowest BCUT2D eigenvalue weighted by Gasteiger charge is -2.12. The molecule has 0 saturated heterocycles. The van der Waals surface area contributed by atoms with Gasteiger partial charge in [-0.15, -0.1) is 10.2 Å². The van der Waals surface area contributed by atoms with Crippen molar-refractivity contribution in [2.75, 3.05) is 10.6 Å². The van der Waals surface area contributed by atoms with Gasteiger partial charge in [0.1, 0.15) is 5.76 Å². The van der Waals surface area contributed by atoms with Gasteiger partial charge in [-0.25, -0.2) is 0 Å². The molecule has 0 saturated carbocycles. The van der Waals surface area contributed by atoms with Crippen LogP contribution < -0.4 is 10.6 Å². The van der Waals surface area contributed by atoms with Crippen molar-refractivity contribution in [1.29, 1.82) is 0 Å². The maximum Gasteiger partial charge on any atom is 0.255 e. The normalized spacial score (nSPS) is 10.8. The minimum Gasteiger partial charge on any atom is -0.508 e. The molecule has 0 atom stereocenters. The highest BCUT2D eigenvalue weighted by atomic mass is 16.3. The van der Waals surface area contributed by atoms with Gasteiger partial charge in [-0.3, -0.25) is 9.59 Å². The lowest BCUT2D eigenvalue weighted by Crippen LogP contribution is -2.12. The molecule has 1 heterocycles. The van der Waals surface area contributed by atoms with E-state index < -0.39 is 0 Å². The summed E-state index contributed by atoms with van der Waals surface area (Å²) in [5.41, 5.74) is 5.43. The van der Waals surface area contributed by atoms with E-state index in [0.29, 0.717) is 39.5 Å². The lowest BCUT2D eigenvalue weighted by molar-refractivity contribution is 0.101. The average Bonchev–Trinajstić information content (AvgIpc) is 3.57. The van der Waals surface area contributed by atoms with Gasteiger partial charge in [0, 0.05) is 39.0 Å². The predicted octanol–water partition coefficient (Wildman–Crippen LogP) is 6.72. The summed E-state index contributed by atoms with van der Waals surface area (Å²) >= 11 is 0. The predicted molar refractivity (Wildman–Crippen MR) is 163 cm³/mol. The fraction of sp³-hybridized carbons (Fsp3) is 0. The molecule has 0 aliphatic carbocycles. The van der Waals surface area contributed by atoms with Crippen molar-refractivity contribution in [3.8, 4) is 22.5 Å². The summed E-state index contributed by atoms with van der Waals surface area (Å²) in [6.07, 6.45) is 0. The van der Waals surface area contributed by atoms with Crippen LogP contribution in [-0.4, -0.2) is 37.5 Å². The highest BCUT2D eigenvalue weighted by Crippen LogP contribution is 2.30. The van der Waals surface area contributed by atoms with Crippen LogP contribution in [0.25, 0.3) is 39.0 Å². The number of rotatable bonds is 7. The number of anilines is 2. The van der Waals surface area contributed by atoms with Gasteiger partial charge >= 0.3 is 0 Å². The molecule has 9 heteroatoms. The van der Waals surface area contributed by atoms with Crippen LogP contribution in [-0.2, 0) is 0 Å². The Labute approximate surface area is 240 Å². The number of nitrogens with one attached hydrogen (secondary N) is 3. The summed E-state index contributed by atoms with van der Waals surface area (Å²) in [4.78, 5) is 25.9. The SMILES string of the molecule is C=C(O)c1ccc(NC(=O)c2ccc(-c3ccc(NC(=O)c4cccc(-c5nn[nH]n5)c4)cc3)cc2)c2ccccc12. The number of hydrogen-bond donors (Lipinski definition) is 4. The number of carbonyl (C=O) groups excluding carboxylic acids is 2. The maximum absolute atomic E-state index is 13.0. The van der Waals surface area contributed by atoms with Crippen LogP contribution in [0.15, 0.2) is 116 Å². The molecule has 2 amide bonds. The van der Waals surface area contributed by atoms with E-state index >= 15 is 0 Å². The van der Waals surface area contributed by atoms with Crippen molar-refractivity contribution < 1.29 is 14.7 Å². The van der Waals surface area contributed by atoms with Crippen LogP contribution in [0.3, 0.4) is 0 Å². The molecule has 0 bridgehead atoms. The van der Waals surface area contributed by atoms with E-state index in [0.717, 1.165) is 21.9 Å². The quantitative estimate of drug-likeness (QED) is 0.163. The van der Waals surface area contributed by atoms with Gasteiger partial charge < -0.3 is 15.7 Å². The Morgan fingerprint density at radius 1 is 0.690 bits per heavy atom. The molecule has 6 aromatic rings. The molecular formula is C33H24N6O3. The van der Waals surface area contributed by atoms with Crippen LogP contribution in [0, 0.1) is 0 Å². The number of aromatic nitrogens is 4. The molecule has 1 aromatic heterocycles. The van der Waals surface area contributed by atoms with Gasteiger partial charge in [0.25, 0.3) is 11.8 Å². The van der Waals surface area contributed by atoms with Gasteiger partial charge in [-0.2, -0.15) is 5.21 Å². The summed E-state index contributed by atoms with van der Waals surface area (Å²) in [6.45, 7) is 3.63. The van der Waals surface area contributed by atoms with Crippen molar-refractivity contribution in [3.05, 3.63) is 132 Å². The second kappa shape index (κ2) is 11.2. The number of fused-ring (bicyclic) bond motifs is 1. The molecule has 0 aliphatic heterocycles. The van der Waals surface area contributed by atoms with Crippen molar-refractivity contribution in [2.24, 2.45) is 0 Å². The Morgan fingerprint density at radius 3 is 2.07 bits per heavy atom. The third kappa shape index (κ3) is 5.34. The van der Waals surface area contributed by atoms with Crippen LogP contribution in [0.4, 0.5) is 11.4 Å². The van der Waals surface area contributed by atoms with Gasteiger partial charge in [0.15, 0.2) is 0 Å². The Morgan fingerprint density at radius 2 is 1.38 bits per heavy atom. The molecule has 204 valence electrons. The highest BCUT2D eigenvalue weighted by Gasteiger charge is 2.13. The first kappa shape index (κ1) is 26.1. The molecule has 6 rings (SSSR count). The van der Waals surface area contributed by atoms with E-state index in [1.165, 1.54) is 0 Å². The van der Waals surface area contributed by atoms with Gasteiger partial charge in [-0.1, -0.05) is 67.2 Å². The number of nitrogens with zero attached hydrogens (tertiary/aromatic N) is 3. The van der Waals surface area contributed by atoms with Crippen LogP contribution in [0.1, 0.15) is 26.3 Å². The molecule has 42 heavy (non-hydrogen) atoms. The second-order valence-corrected chi connectivity index (χ2v) is 9.53. The topological polar surface area (TPSA) is 133 Å². The third-order valence-corrected chi connectivity index (χ3v) is 6.83. The number of carbonyl (C=O) groups is 2. The summed E-state index contributed by atoms with van der Waals surface area (Å²) in [6, 6.07) is 32.8. The number of tetrazole rings is 1. The van der Waals surface area contributed by atoms with Crippen molar-refractivity contribution in [3.63, 3.8) is 0 Å². The molecule has 0 spiro atoms. The number of benzene rings is 5. The first-order valence-electron chi connectivity index (χ1n) is 13.0. The molecule has 5 aromatic carbocycles. The Bertz CT molecular complexity index is 1930. The van der Waals surface area contributed by atoms with E-state index in [1.807, 2.05) is 60.7 Å². The van der Waals surface area contributed by atoms with E-state index in [9.17, 15) is 14.7 Å². The van der Waals surface area contributed by atoms with E-state index in [-0.39, 0.29) is 17.6 Å². The zero-order valence-electron chi connectivity index (χ0n) is 22.2. The standard InChI is InChI=1S/C33H24N6O3/c1-20(40)27-17-18-30(29-8-3-2-7-28(27)29)35-32(41)23-11-9-21(10-12-23)22-13-15-26(16-14-22)34-33(42)25-6-4-5-24(19-25)31-36-38-39-37-31/h2-19,40H,1H2,(H,34,42)(H,35,41)(H,36,37,38,39). The van der Waals surface area contributed by atoms with Crippen LogP contribution >= 0.6 is 0 Å². The van der Waals surface area contributed by atoms with Crippen LogP contribution in [0.2, 0.25) is 0 Å². The monoisotopic (exact) mass is 552 g/mol. The average molecular weight is 553 g/mol. The second-order valence-electron chi connectivity index (χ2n) is 9.53. The number of hydrogen-bond acceptors (Lipinski definition) is 6. The van der Waals surface area contributed by atoms with E-state index in [1.54, 1.807) is 48.5 Å². The summed E-state index contributed by atoms with van der Waals surface area (Å²) in [7, 11) is 0. The smallest absolute Gasteiger partial charge is 0.255 e. The number of aliphatic hydroxyl groups excluding tert-OH is 1. The van der Waals surface area contributed by atoms with Crippen molar-refractivity contribution in [2.45, 2.75) is 0 Å². The van der Waals surface area contributed by atoms with Gasteiger partial charge in [0.2, 0.25) is 5.82 Å². The molecule has 0 aliphatic rings. The number of H-pyrrole nitrogens is 1. The molecule has 0 unspecified atom stereocenters. The molecule has 0 fully saturated rings. The molecule has 4 N–H and O–H groups in total. The molecule has 9 nitrogen and oxygen atoms in total. The zero-order valence-corrected chi connectivity index (χ0v) is 22.2. The largest absolute Gasteiger partial charge is 0.508 e. The van der Waals surface area contributed by atoms with Crippen LogP contribution in [0.5, 0.6) is 0 Å². The lowest BCUT2D eigenvalue weighted by atomic mass is 10.0. The summed E-state index contributed by atoms with van der Waals surface area (Å²) in [5, 5.41) is 31.3. The Balaban J connectivity index is 1.13. The zero-order chi connectivity index (χ0) is 29.1. The minimum atomic E-state index is -0.257. The number of aliphatic hydroxyl groups is 1. The minimum absolute atomic E-state index is 0.0261. The fourth-order valence-corrected chi connectivity index (χ4v) is 4.70. The first-order valence-corrected chi connectivity index (χ1v) is 13.0. The van der Waals surface area contributed by atoms with E-state index in [4.69, 9.17) is 0 Å². The summed E-state index contributed by atoms with van der Waals surface area (Å²) < 4.78 is 0. The van der Waals surface area contributed by atoms with E-state index in [2.05, 4.69) is 37.8 Å². The van der Waals surface area contributed by atoms with Crippen molar-refractivity contribution >= 4 is 39.7 Å². The fourth-order valence-electron chi connectivity index (χ4n) is 4.70. The third-order valence-electron chi connectivity index (χ3n) is 6.83. The number of aromatic amines is 1. The number of amides is 2. The molecule has 0 radical (unpaired) electrons. The van der Waals surface area contributed by atoms with Gasteiger partial charge in [0.05, 0.1) is 0 Å². The van der Waals surface area contributed by atoms with Gasteiger partial charge in [-0.05, 0) is 70.3 Å². The maximum atomic E-state index is 13.0. The Kier molecular flexibility index (Phi) is 6.96. The highest BCUT2D eigenvalue weighted by molar-refractivity contribution is 6.10. The first-order chi connectivity index (χ1) is 20.5. The Hall–Kier alpha value is -6.09. The molecular weight excluding hydrogens is 528 g/mol. The van der Waals surface area contributed by atoms with Crippen molar-refractivity contribution in [1.82, 2.24) is 20.6 Å². The summed E-state index contributed by atoms with van der Waals surface area (Å²) in [5.74, 6) is -0.118.